The third-order valence-corrected chi connectivity index (χ3v) is 5.57. The first-order chi connectivity index (χ1) is 16.3. The molecule has 0 N–H and O–H groups in total. The number of anilines is 1. The summed E-state index contributed by atoms with van der Waals surface area (Å²) in [5.74, 6) is 0.238. The summed E-state index contributed by atoms with van der Waals surface area (Å²) in [7, 11) is 1.33. The first-order valence-electron chi connectivity index (χ1n) is 11.3. The van der Waals surface area contributed by atoms with E-state index in [1.807, 2.05) is 76.3 Å². The molecule has 178 valence electrons. The molecule has 0 spiro atoms. The molecule has 0 radical (unpaired) electrons. The zero-order valence-electron chi connectivity index (χ0n) is 20.0. The zero-order valence-corrected chi connectivity index (χ0v) is 20.0. The molecule has 0 bridgehead atoms. The molecule has 1 fully saturated rings. The van der Waals surface area contributed by atoms with Gasteiger partial charge >= 0.3 is 12.1 Å². The summed E-state index contributed by atoms with van der Waals surface area (Å²) < 4.78 is 12.4. The van der Waals surface area contributed by atoms with Crippen molar-refractivity contribution in [2.75, 3.05) is 31.6 Å². The molecule has 4 rings (SSSR count). The number of carbonyl (C=O) groups is 2. The lowest BCUT2D eigenvalue weighted by Crippen LogP contribution is -2.59. The number of esters is 1. The van der Waals surface area contributed by atoms with E-state index >= 15 is 0 Å². The fraction of sp³-hybridized carbons (Fsp3) is 0.346. The van der Waals surface area contributed by atoms with Gasteiger partial charge < -0.3 is 14.4 Å². The lowest BCUT2D eigenvalue weighted by atomic mass is 10.1. The number of carbonyl (C=O) groups excluding carboxylic acids is 2. The molecule has 1 aliphatic rings. The molecule has 8 heteroatoms. The Morgan fingerprint density at radius 3 is 2.24 bits per heavy atom. The maximum atomic E-state index is 12.8. The minimum Gasteiger partial charge on any atom is -0.467 e. The van der Waals surface area contributed by atoms with Crippen molar-refractivity contribution < 1.29 is 19.1 Å². The van der Waals surface area contributed by atoms with Crippen LogP contribution in [0.4, 0.5) is 10.6 Å². The minimum absolute atomic E-state index is 0.256. The van der Waals surface area contributed by atoms with Crippen molar-refractivity contribution in [1.82, 2.24) is 14.7 Å². The van der Waals surface area contributed by atoms with Crippen LogP contribution < -0.4 is 4.90 Å². The summed E-state index contributed by atoms with van der Waals surface area (Å²) in [5.41, 5.74) is 2.24. The SMILES string of the molecule is COC(=O)C1CN(c2cc(-c3ccccc3)n(-c3ccccc3)n2)CCN1C(=O)OC(C)(C)C. The first kappa shape index (κ1) is 23.4. The molecule has 1 aliphatic heterocycles. The summed E-state index contributed by atoms with van der Waals surface area (Å²) in [6, 6.07) is 21.2. The smallest absolute Gasteiger partial charge is 0.411 e. The summed E-state index contributed by atoms with van der Waals surface area (Å²) in [5, 5.41) is 4.89. The number of rotatable bonds is 4. The lowest BCUT2D eigenvalue weighted by Gasteiger charge is -2.40. The fourth-order valence-corrected chi connectivity index (χ4v) is 3.97. The van der Waals surface area contributed by atoms with Gasteiger partial charge in [0.2, 0.25) is 0 Å². The van der Waals surface area contributed by atoms with E-state index in [1.165, 1.54) is 12.0 Å². The molecular formula is C26H30N4O4. The number of hydrogen-bond donors (Lipinski definition) is 0. The van der Waals surface area contributed by atoms with E-state index in [4.69, 9.17) is 14.6 Å². The van der Waals surface area contributed by atoms with Gasteiger partial charge in [0, 0.05) is 24.7 Å². The molecule has 8 nitrogen and oxygen atoms in total. The molecule has 1 aromatic heterocycles. The predicted molar refractivity (Wildman–Crippen MR) is 130 cm³/mol. The summed E-state index contributed by atoms with van der Waals surface area (Å²) in [6.07, 6.45) is -0.526. The number of aromatic nitrogens is 2. The van der Waals surface area contributed by atoms with Gasteiger partial charge in [-0.2, -0.15) is 0 Å². The monoisotopic (exact) mass is 462 g/mol. The van der Waals surface area contributed by atoms with Crippen LogP contribution in [-0.4, -0.2) is 65.1 Å². The van der Waals surface area contributed by atoms with Crippen molar-refractivity contribution in [3.05, 3.63) is 66.7 Å². The van der Waals surface area contributed by atoms with Gasteiger partial charge in [-0.1, -0.05) is 48.5 Å². The second kappa shape index (κ2) is 9.59. The number of methoxy groups -OCH3 is 1. The van der Waals surface area contributed by atoms with Crippen LogP contribution in [0, 0.1) is 0 Å². The second-order valence-corrected chi connectivity index (χ2v) is 9.16. The molecule has 0 saturated carbocycles. The van der Waals surface area contributed by atoms with Crippen molar-refractivity contribution in [3.8, 4) is 16.9 Å². The highest BCUT2D eigenvalue weighted by Gasteiger charge is 2.39. The van der Waals surface area contributed by atoms with E-state index in [1.54, 1.807) is 20.8 Å². The topological polar surface area (TPSA) is 76.9 Å². The predicted octanol–water partition coefficient (Wildman–Crippen LogP) is 4.14. The Labute approximate surface area is 199 Å². The highest BCUT2D eigenvalue weighted by atomic mass is 16.6. The van der Waals surface area contributed by atoms with Crippen molar-refractivity contribution in [1.29, 1.82) is 0 Å². The molecule has 1 unspecified atom stereocenters. The van der Waals surface area contributed by atoms with Gasteiger partial charge in [0.1, 0.15) is 5.60 Å². The van der Waals surface area contributed by atoms with Crippen LogP contribution in [0.25, 0.3) is 16.9 Å². The van der Waals surface area contributed by atoms with Crippen LogP contribution in [0.1, 0.15) is 20.8 Å². The molecule has 1 saturated heterocycles. The van der Waals surface area contributed by atoms with Crippen molar-refractivity contribution >= 4 is 17.9 Å². The standard InChI is InChI=1S/C26H30N4O4/c1-26(2,3)34-25(32)29-16-15-28(18-22(29)24(31)33-4)23-17-21(19-11-7-5-8-12-19)30(27-23)20-13-9-6-10-14-20/h5-14,17,22H,15-16,18H2,1-4H3. The van der Waals surface area contributed by atoms with Gasteiger partial charge in [0.25, 0.3) is 0 Å². The molecular weight excluding hydrogens is 432 g/mol. The average Bonchev–Trinajstić information content (AvgIpc) is 3.29. The molecule has 2 heterocycles. The number of amides is 1. The van der Waals surface area contributed by atoms with E-state index < -0.39 is 23.7 Å². The Bertz CT molecular complexity index is 1080. The Balaban J connectivity index is 1.66. The van der Waals surface area contributed by atoms with Crippen LogP contribution in [0.5, 0.6) is 0 Å². The highest BCUT2D eigenvalue weighted by Crippen LogP contribution is 2.29. The van der Waals surface area contributed by atoms with Gasteiger partial charge in [0.15, 0.2) is 11.9 Å². The summed E-state index contributed by atoms with van der Waals surface area (Å²) >= 11 is 0. The second-order valence-electron chi connectivity index (χ2n) is 9.16. The molecule has 3 aromatic rings. The van der Waals surface area contributed by atoms with Crippen molar-refractivity contribution in [2.24, 2.45) is 0 Å². The van der Waals surface area contributed by atoms with Crippen molar-refractivity contribution in [3.63, 3.8) is 0 Å². The number of hydrogen-bond acceptors (Lipinski definition) is 6. The quantitative estimate of drug-likeness (QED) is 0.543. The van der Waals surface area contributed by atoms with Crippen LogP contribution in [0.2, 0.25) is 0 Å². The van der Waals surface area contributed by atoms with Gasteiger partial charge in [-0.3, -0.25) is 4.90 Å². The van der Waals surface area contributed by atoms with Gasteiger partial charge in [-0.15, -0.1) is 5.10 Å². The van der Waals surface area contributed by atoms with E-state index in [2.05, 4.69) is 0 Å². The molecule has 2 aromatic carbocycles. The van der Waals surface area contributed by atoms with E-state index in [-0.39, 0.29) is 6.54 Å². The summed E-state index contributed by atoms with van der Waals surface area (Å²) in [6.45, 7) is 6.48. The zero-order chi connectivity index (χ0) is 24.3. The molecule has 0 aliphatic carbocycles. The Morgan fingerprint density at radius 1 is 0.971 bits per heavy atom. The number of benzene rings is 2. The molecule has 1 atom stereocenters. The number of piperazine rings is 1. The number of ether oxygens (including phenoxy) is 2. The minimum atomic E-state index is -0.796. The lowest BCUT2D eigenvalue weighted by molar-refractivity contribution is -0.147. The third-order valence-electron chi connectivity index (χ3n) is 5.57. The fourth-order valence-electron chi connectivity index (χ4n) is 3.97. The maximum absolute atomic E-state index is 12.8. The highest BCUT2D eigenvalue weighted by molar-refractivity contribution is 5.83. The van der Waals surface area contributed by atoms with Gasteiger partial charge in [-0.05, 0) is 32.9 Å². The van der Waals surface area contributed by atoms with Gasteiger partial charge in [0.05, 0.1) is 25.0 Å². The average molecular weight is 463 g/mol. The van der Waals surface area contributed by atoms with Crippen LogP contribution in [0.3, 0.4) is 0 Å². The maximum Gasteiger partial charge on any atom is 0.411 e. The third kappa shape index (κ3) is 5.06. The number of nitrogens with zero attached hydrogens (tertiary/aromatic N) is 4. The Kier molecular flexibility index (Phi) is 6.58. The normalized spacial score (nSPS) is 16.3. The van der Waals surface area contributed by atoms with Crippen LogP contribution >= 0.6 is 0 Å². The Morgan fingerprint density at radius 2 is 1.62 bits per heavy atom. The van der Waals surface area contributed by atoms with Crippen LogP contribution in [-0.2, 0) is 14.3 Å². The first-order valence-corrected chi connectivity index (χ1v) is 11.3. The molecule has 34 heavy (non-hydrogen) atoms. The molecule has 1 amide bonds. The van der Waals surface area contributed by atoms with E-state index in [0.29, 0.717) is 13.1 Å². The number of para-hydroxylation sites is 1. The van der Waals surface area contributed by atoms with E-state index in [9.17, 15) is 9.59 Å². The van der Waals surface area contributed by atoms with E-state index in [0.717, 1.165) is 22.8 Å². The van der Waals surface area contributed by atoms with Crippen molar-refractivity contribution in [2.45, 2.75) is 32.4 Å². The van der Waals surface area contributed by atoms with Gasteiger partial charge in [-0.25, -0.2) is 14.3 Å². The summed E-state index contributed by atoms with van der Waals surface area (Å²) in [4.78, 5) is 28.8. The van der Waals surface area contributed by atoms with Crippen LogP contribution in [0.15, 0.2) is 66.7 Å². The largest absolute Gasteiger partial charge is 0.467 e. The Hall–Kier alpha value is -3.81.